The van der Waals surface area contributed by atoms with E-state index in [4.69, 9.17) is 11.3 Å². The molecule has 1 rings (SSSR count). The summed E-state index contributed by atoms with van der Waals surface area (Å²) in [6.07, 6.45) is 3.84. The molecule has 0 amide bonds. The third kappa shape index (κ3) is 1.77. The number of ether oxygens (including phenoxy) is 1. The van der Waals surface area contributed by atoms with E-state index in [1.165, 1.54) is 0 Å². The van der Waals surface area contributed by atoms with Gasteiger partial charge < -0.3 is 9.58 Å². The molecular weight excluding hydrogens is 114 g/mol. The third-order valence-electron chi connectivity index (χ3n) is 1.29. The van der Waals surface area contributed by atoms with Gasteiger partial charge in [-0.05, 0) is 12.8 Å². The molecule has 0 saturated heterocycles. The van der Waals surface area contributed by atoms with Crippen LogP contribution in [0.1, 0.15) is 12.8 Å². The average molecular weight is 123 g/mol. The Kier molecular flexibility index (Phi) is 2.14. The molecule has 0 saturated carbocycles. The Bertz CT molecular complexity index is 155. The van der Waals surface area contributed by atoms with Gasteiger partial charge in [-0.15, -0.1) is 0 Å². The van der Waals surface area contributed by atoms with Crippen LogP contribution in [0.4, 0.5) is 0 Å². The van der Waals surface area contributed by atoms with Gasteiger partial charge in [-0.1, -0.05) is 0 Å². The molecule has 1 heterocycles. The molecule has 0 atom stereocenters. The highest BCUT2D eigenvalue weighted by Gasteiger charge is 2.04. The summed E-state index contributed by atoms with van der Waals surface area (Å²) in [6, 6.07) is 0. The first-order valence-corrected chi connectivity index (χ1v) is 3.06. The fraction of sp³-hybridized carbons (Fsp3) is 0.571. The van der Waals surface area contributed by atoms with Crippen LogP contribution in [0.25, 0.3) is 4.85 Å². The second-order valence-electron chi connectivity index (χ2n) is 2.07. The van der Waals surface area contributed by atoms with Crippen molar-refractivity contribution < 1.29 is 4.74 Å². The van der Waals surface area contributed by atoms with Gasteiger partial charge >= 0.3 is 0 Å². The second kappa shape index (κ2) is 3.13. The lowest BCUT2D eigenvalue weighted by Crippen LogP contribution is -2.00. The summed E-state index contributed by atoms with van der Waals surface area (Å²) in [5.41, 5.74) is 1.14. The lowest BCUT2D eigenvalue weighted by molar-refractivity contribution is 0.225. The summed E-state index contributed by atoms with van der Waals surface area (Å²) >= 11 is 0. The van der Waals surface area contributed by atoms with Crippen LogP contribution in [0, 0.1) is 6.57 Å². The quantitative estimate of drug-likeness (QED) is 0.483. The number of hydrogen-bond donors (Lipinski definition) is 0. The van der Waals surface area contributed by atoms with Crippen molar-refractivity contribution >= 4 is 0 Å². The van der Waals surface area contributed by atoms with Crippen LogP contribution < -0.4 is 0 Å². The van der Waals surface area contributed by atoms with E-state index < -0.39 is 0 Å². The minimum absolute atomic E-state index is 0.514. The zero-order chi connectivity index (χ0) is 6.53. The minimum atomic E-state index is 0.514. The Hall–Kier alpha value is -0.970. The van der Waals surface area contributed by atoms with Gasteiger partial charge in [-0.3, -0.25) is 0 Å². The molecule has 0 radical (unpaired) electrons. The van der Waals surface area contributed by atoms with E-state index in [9.17, 15) is 0 Å². The van der Waals surface area contributed by atoms with Crippen molar-refractivity contribution in [2.24, 2.45) is 0 Å². The summed E-state index contributed by atoms with van der Waals surface area (Å²) in [5.74, 6) is 0. The summed E-state index contributed by atoms with van der Waals surface area (Å²) in [7, 11) is 0. The van der Waals surface area contributed by atoms with Crippen molar-refractivity contribution in [2.45, 2.75) is 12.8 Å². The van der Waals surface area contributed by atoms with Gasteiger partial charge in [0.15, 0.2) is 0 Å². The van der Waals surface area contributed by atoms with Gasteiger partial charge in [-0.2, -0.15) is 0 Å². The highest BCUT2D eigenvalue weighted by molar-refractivity contribution is 5.05. The van der Waals surface area contributed by atoms with Crippen LogP contribution in [0.3, 0.4) is 0 Å². The molecule has 0 aromatic rings. The molecule has 48 valence electrons. The summed E-state index contributed by atoms with van der Waals surface area (Å²) in [4.78, 5) is 3.26. The van der Waals surface area contributed by atoms with E-state index in [0.717, 1.165) is 25.0 Å². The van der Waals surface area contributed by atoms with Crippen LogP contribution in [0.15, 0.2) is 11.8 Å². The van der Waals surface area contributed by atoms with E-state index in [1.54, 1.807) is 6.26 Å². The van der Waals surface area contributed by atoms with Crippen molar-refractivity contribution in [1.82, 2.24) is 0 Å². The number of nitrogens with zero attached hydrogens (tertiary/aromatic N) is 1. The zero-order valence-corrected chi connectivity index (χ0v) is 5.26. The molecule has 0 unspecified atom stereocenters. The van der Waals surface area contributed by atoms with E-state index in [2.05, 4.69) is 4.85 Å². The third-order valence-corrected chi connectivity index (χ3v) is 1.29. The normalized spacial score (nSPS) is 17.4. The Labute approximate surface area is 54.9 Å². The highest BCUT2D eigenvalue weighted by Crippen LogP contribution is 2.10. The van der Waals surface area contributed by atoms with Crippen molar-refractivity contribution in [3.05, 3.63) is 23.3 Å². The zero-order valence-electron chi connectivity index (χ0n) is 5.26. The van der Waals surface area contributed by atoms with E-state index >= 15 is 0 Å². The lowest BCUT2D eigenvalue weighted by atomic mass is 10.1. The van der Waals surface area contributed by atoms with Crippen molar-refractivity contribution in [3.63, 3.8) is 0 Å². The van der Waals surface area contributed by atoms with Gasteiger partial charge in [0.05, 0.1) is 12.9 Å². The molecule has 0 fully saturated rings. The summed E-state index contributed by atoms with van der Waals surface area (Å²) < 4.78 is 5.03. The van der Waals surface area contributed by atoms with Gasteiger partial charge in [-0.25, -0.2) is 6.57 Å². The molecule has 1 aliphatic heterocycles. The highest BCUT2D eigenvalue weighted by atomic mass is 16.5. The topological polar surface area (TPSA) is 13.6 Å². The SMILES string of the molecule is [C-]#[N+]CC1=COCCC1. The molecule has 2 heteroatoms. The molecule has 0 bridgehead atoms. The largest absolute Gasteiger partial charge is 0.501 e. The molecule has 9 heavy (non-hydrogen) atoms. The van der Waals surface area contributed by atoms with Gasteiger partial charge in [0.25, 0.3) is 0 Å². The van der Waals surface area contributed by atoms with Crippen molar-refractivity contribution in [1.29, 1.82) is 0 Å². The van der Waals surface area contributed by atoms with E-state index in [0.29, 0.717) is 6.54 Å². The smallest absolute Gasteiger partial charge is 0.239 e. The monoisotopic (exact) mass is 123 g/mol. The first-order chi connectivity index (χ1) is 4.43. The lowest BCUT2D eigenvalue weighted by Gasteiger charge is -2.08. The number of rotatable bonds is 1. The molecular formula is C7H9NO. The van der Waals surface area contributed by atoms with E-state index in [-0.39, 0.29) is 0 Å². The van der Waals surface area contributed by atoms with Crippen LogP contribution in [0.2, 0.25) is 0 Å². The average Bonchev–Trinajstić information content (AvgIpc) is 1.91. The van der Waals surface area contributed by atoms with Crippen LogP contribution >= 0.6 is 0 Å². The van der Waals surface area contributed by atoms with Crippen LogP contribution in [-0.2, 0) is 4.74 Å². The molecule has 0 spiro atoms. The maximum Gasteiger partial charge on any atom is 0.239 e. The Morgan fingerprint density at radius 3 is 3.22 bits per heavy atom. The Morgan fingerprint density at radius 1 is 1.78 bits per heavy atom. The van der Waals surface area contributed by atoms with Crippen molar-refractivity contribution in [3.8, 4) is 0 Å². The predicted octanol–water partition coefficient (Wildman–Crippen LogP) is 1.60. The van der Waals surface area contributed by atoms with Crippen molar-refractivity contribution in [2.75, 3.05) is 13.2 Å². The van der Waals surface area contributed by atoms with Gasteiger partial charge in [0.1, 0.15) is 0 Å². The molecule has 1 aliphatic rings. The standard InChI is InChI=1S/C7H9NO/c1-8-5-7-3-2-4-9-6-7/h6H,2-5H2. The van der Waals surface area contributed by atoms with Gasteiger partial charge in [0.2, 0.25) is 6.54 Å². The molecule has 0 N–H and O–H groups in total. The minimum Gasteiger partial charge on any atom is -0.501 e. The van der Waals surface area contributed by atoms with Crippen LogP contribution in [0.5, 0.6) is 0 Å². The predicted molar refractivity (Wildman–Crippen MR) is 34.7 cm³/mol. The Morgan fingerprint density at radius 2 is 2.67 bits per heavy atom. The summed E-state index contributed by atoms with van der Waals surface area (Å²) in [6.45, 7) is 7.90. The van der Waals surface area contributed by atoms with E-state index in [1.807, 2.05) is 0 Å². The fourth-order valence-corrected chi connectivity index (χ4v) is 0.836. The van der Waals surface area contributed by atoms with Crippen LogP contribution in [-0.4, -0.2) is 13.2 Å². The fourth-order valence-electron chi connectivity index (χ4n) is 0.836. The van der Waals surface area contributed by atoms with Gasteiger partial charge in [0, 0.05) is 5.57 Å². The summed E-state index contributed by atoms with van der Waals surface area (Å²) in [5, 5.41) is 0. The Balaban J connectivity index is 2.39. The molecule has 0 aromatic carbocycles. The second-order valence-corrected chi connectivity index (χ2v) is 2.07. The first-order valence-electron chi connectivity index (χ1n) is 3.06. The molecule has 2 nitrogen and oxygen atoms in total. The maximum absolute atomic E-state index is 6.57. The number of hydrogen-bond acceptors (Lipinski definition) is 1. The molecule has 0 aliphatic carbocycles. The maximum atomic E-state index is 6.57. The first kappa shape index (κ1) is 6.15. The molecule has 0 aromatic heterocycles.